The van der Waals surface area contributed by atoms with Gasteiger partial charge in [0.2, 0.25) is 0 Å². The molecule has 0 atom stereocenters. The van der Waals surface area contributed by atoms with Crippen LogP contribution in [0.2, 0.25) is 0 Å². The van der Waals surface area contributed by atoms with E-state index in [4.69, 9.17) is 0 Å². The third kappa shape index (κ3) is 2.87. The highest BCUT2D eigenvalue weighted by molar-refractivity contribution is 8.02. The number of thioether (sulfide) groups is 1. The van der Waals surface area contributed by atoms with Crippen LogP contribution < -0.4 is 11.2 Å². The summed E-state index contributed by atoms with van der Waals surface area (Å²) in [7, 11) is 0. The standard InChI is InChI=1S/C20H16N2O2S/c23-18-17(16-10-5-2-6-11-16)19-21(12-7-13-25-19)20(24)22(18)14-15-8-3-1-4-9-15/h1-11,13H,12,14H2. The van der Waals surface area contributed by atoms with E-state index in [2.05, 4.69) is 0 Å². The molecule has 0 saturated carbocycles. The summed E-state index contributed by atoms with van der Waals surface area (Å²) in [5, 5.41) is 2.65. The summed E-state index contributed by atoms with van der Waals surface area (Å²) >= 11 is 1.42. The van der Waals surface area contributed by atoms with Crippen LogP contribution >= 0.6 is 11.8 Å². The number of nitrogens with zero attached hydrogens (tertiary/aromatic N) is 2. The molecule has 124 valence electrons. The number of hydrogen-bond donors (Lipinski definition) is 0. The Morgan fingerprint density at radius 3 is 2.32 bits per heavy atom. The molecule has 0 bridgehead atoms. The Balaban J connectivity index is 1.97. The van der Waals surface area contributed by atoms with Crippen LogP contribution in [0, 0.1) is 0 Å². The largest absolute Gasteiger partial charge is 0.332 e. The Kier molecular flexibility index (Phi) is 4.15. The molecule has 0 aliphatic carbocycles. The maximum atomic E-state index is 13.2. The second-order valence-electron chi connectivity index (χ2n) is 5.81. The SMILES string of the molecule is O=c1c(-c2ccccc2)c2n(c(=O)n1Cc1ccccc1)CC=CS2. The minimum atomic E-state index is -0.264. The summed E-state index contributed by atoms with van der Waals surface area (Å²) in [6.07, 6.45) is 1.94. The molecule has 1 aliphatic heterocycles. The van der Waals surface area contributed by atoms with E-state index in [-0.39, 0.29) is 17.8 Å². The first-order chi connectivity index (χ1) is 12.3. The van der Waals surface area contributed by atoms with Gasteiger partial charge in [-0.05, 0) is 16.5 Å². The van der Waals surface area contributed by atoms with Crippen molar-refractivity contribution < 1.29 is 0 Å². The van der Waals surface area contributed by atoms with E-state index in [1.54, 1.807) is 4.57 Å². The van der Waals surface area contributed by atoms with Crippen LogP contribution in [-0.4, -0.2) is 9.13 Å². The van der Waals surface area contributed by atoms with Crippen LogP contribution in [0.1, 0.15) is 5.56 Å². The van der Waals surface area contributed by atoms with E-state index in [9.17, 15) is 9.59 Å². The highest BCUT2D eigenvalue weighted by Crippen LogP contribution is 2.30. The van der Waals surface area contributed by atoms with Crippen LogP contribution in [0.5, 0.6) is 0 Å². The van der Waals surface area contributed by atoms with Crippen molar-refractivity contribution in [2.75, 3.05) is 0 Å². The molecule has 0 radical (unpaired) electrons. The van der Waals surface area contributed by atoms with E-state index in [1.807, 2.05) is 72.1 Å². The van der Waals surface area contributed by atoms with Gasteiger partial charge in [-0.3, -0.25) is 13.9 Å². The fraction of sp³-hybridized carbons (Fsp3) is 0.100. The monoisotopic (exact) mass is 348 g/mol. The maximum Gasteiger partial charge on any atom is 0.332 e. The van der Waals surface area contributed by atoms with Gasteiger partial charge in [0.25, 0.3) is 5.56 Å². The number of hydrogen-bond acceptors (Lipinski definition) is 3. The minimum Gasteiger partial charge on any atom is -0.283 e. The highest BCUT2D eigenvalue weighted by atomic mass is 32.2. The zero-order chi connectivity index (χ0) is 17.2. The van der Waals surface area contributed by atoms with E-state index < -0.39 is 0 Å². The Morgan fingerprint density at radius 1 is 0.920 bits per heavy atom. The number of fused-ring (bicyclic) bond motifs is 1. The number of rotatable bonds is 3. The molecule has 5 heteroatoms. The molecule has 1 aliphatic rings. The smallest absolute Gasteiger partial charge is 0.283 e. The summed E-state index contributed by atoms with van der Waals surface area (Å²) in [5.41, 5.74) is 1.85. The molecule has 25 heavy (non-hydrogen) atoms. The normalized spacial score (nSPS) is 12.8. The van der Waals surface area contributed by atoms with Crippen molar-refractivity contribution in [1.82, 2.24) is 9.13 Å². The molecule has 4 nitrogen and oxygen atoms in total. The summed E-state index contributed by atoms with van der Waals surface area (Å²) in [4.78, 5) is 26.1. The molecule has 0 saturated heterocycles. The number of allylic oxidation sites excluding steroid dienone is 1. The average molecular weight is 348 g/mol. The van der Waals surface area contributed by atoms with Gasteiger partial charge >= 0.3 is 5.69 Å². The molecule has 0 spiro atoms. The van der Waals surface area contributed by atoms with Crippen molar-refractivity contribution in [1.29, 1.82) is 0 Å². The first-order valence-corrected chi connectivity index (χ1v) is 8.92. The summed E-state index contributed by atoms with van der Waals surface area (Å²) in [5.74, 6) is 0. The molecule has 0 amide bonds. The second-order valence-corrected chi connectivity index (χ2v) is 6.70. The molecule has 2 heterocycles. The van der Waals surface area contributed by atoms with E-state index in [1.165, 1.54) is 16.3 Å². The van der Waals surface area contributed by atoms with Crippen LogP contribution in [-0.2, 0) is 13.1 Å². The summed E-state index contributed by atoms with van der Waals surface area (Å²) in [6, 6.07) is 19.1. The van der Waals surface area contributed by atoms with Gasteiger partial charge in [0.1, 0.15) is 0 Å². The van der Waals surface area contributed by atoms with Crippen molar-refractivity contribution in [3.8, 4) is 11.1 Å². The lowest BCUT2D eigenvalue weighted by molar-refractivity contribution is 0.579. The quantitative estimate of drug-likeness (QED) is 0.682. The van der Waals surface area contributed by atoms with Crippen molar-refractivity contribution in [2.24, 2.45) is 0 Å². The molecular weight excluding hydrogens is 332 g/mol. The van der Waals surface area contributed by atoms with E-state index >= 15 is 0 Å². The van der Waals surface area contributed by atoms with Crippen molar-refractivity contribution in [3.05, 3.63) is 98.5 Å². The minimum absolute atomic E-state index is 0.242. The summed E-state index contributed by atoms with van der Waals surface area (Å²) < 4.78 is 3.01. The number of benzene rings is 2. The zero-order valence-electron chi connectivity index (χ0n) is 13.5. The lowest BCUT2D eigenvalue weighted by Crippen LogP contribution is -2.42. The Bertz CT molecular complexity index is 1050. The first-order valence-electron chi connectivity index (χ1n) is 8.04. The predicted molar refractivity (Wildman–Crippen MR) is 101 cm³/mol. The molecule has 1 aromatic heterocycles. The van der Waals surface area contributed by atoms with E-state index in [0.717, 1.165) is 11.1 Å². The lowest BCUT2D eigenvalue weighted by atomic mass is 10.1. The van der Waals surface area contributed by atoms with Gasteiger partial charge in [-0.1, -0.05) is 78.5 Å². The van der Waals surface area contributed by atoms with Crippen LogP contribution in [0.15, 0.2) is 86.8 Å². The van der Waals surface area contributed by atoms with Crippen LogP contribution in [0.4, 0.5) is 0 Å². The zero-order valence-corrected chi connectivity index (χ0v) is 14.3. The van der Waals surface area contributed by atoms with Crippen molar-refractivity contribution in [3.63, 3.8) is 0 Å². The second kappa shape index (κ2) is 6.61. The van der Waals surface area contributed by atoms with Crippen molar-refractivity contribution in [2.45, 2.75) is 18.1 Å². The molecule has 0 unspecified atom stereocenters. The molecular formula is C20H16N2O2S. The topological polar surface area (TPSA) is 44.0 Å². The van der Waals surface area contributed by atoms with Gasteiger partial charge in [-0.25, -0.2) is 4.79 Å². The third-order valence-corrected chi connectivity index (χ3v) is 5.17. The predicted octanol–water partition coefficient (Wildman–Crippen LogP) is 3.34. The molecule has 3 aromatic rings. The van der Waals surface area contributed by atoms with Crippen LogP contribution in [0.3, 0.4) is 0 Å². The van der Waals surface area contributed by atoms with Gasteiger partial charge in [0.15, 0.2) is 0 Å². The lowest BCUT2D eigenvalue weighted by Gasteiger charge is -2.19. The van der Waals surface area contributed by atoms with E-state index in [0.29, 0.717) is 17.1 Å². The maximum absolute atomic E-state index is 13.2. The third-order valence-electron chi connectivity index (χ3n) is 4.19. The molecule has 0 fully saturated rings. The Labute approximate surface area is 149 Å². The number of aromatic nitrogens is 2. The fourth-order valence-electron chi connectivity index (χ4n) is 2.98. The van der Waals surface area contributed by atoms with Gasteiger partial charge in [0.05, 0.1) is 17.1 Å². The van der Waals surface area contributed by atoms with Crippen molar-refractivity contribution >= 4 is 11.8 Å². The van der Waals surface area contributed by atoms with Gasteiger partial charge in [-0.2, -0.15) is 0 Å². The molecule has 4 rings (SSSR count). The van der Waals surface area contributed by atoms with Crippen LogP contribution in [0.25, 0.3) is 11.1 Å². The fourth-order valence-corrected chi connectivity index (χ4v) is 3.90. The summed E-state index contributed by atoms with van der Waals surface area (Å²) in [6.45, 7) is 0.753. The molecule has 0 N–H and O–H groups in total. The average Bonchev–Trinajstić information content (AvgIpc) is 2.67. The van der Waals surface area contributed by atoms with Gasteiger partial charge in [0, 0.05) is 6.54 Å². The molecule has 2 aromatic carbocycles. The van der Waals surface area contributed by atoms with Gasteiger partial charge < -0.3 is 0 Å². The van der Waals surface area contributed by atoms with Gasteiger partial charge in [-0.15, -0.1) is 0 Å². The Morgan fingerprint density at radius 2 is 1.60 bits per heavy atom. The Hall–Kier alpha value is -2.79. The highest BCUT2D eigenvalue weighted by Gasteiger charge is 2.21. The first kappa shape index (κ1) is 15.7.